The van der Waals surface area contributed by atoms with Crippen LogP contribution in [0.4, 0.5) is 0 Å². The van der Waals surface area contributed by atoms with Gasteiger partial charge in [0.05, 0.1) is 5.52 Å². The number of aryl methyl sites for hydroxylation is 1. The number of rotatable bonds is 3. The minimum absolute atomic E-state index is 0.169. The van der Waals surface area contributed by atoms with E-state index in [4.69, 9.17) is 14.4 Å². The average Bonchev–Trinajstić information content (AvgIpc) is 3.29. The molecule has 0 saturated carbocycles. The number of aromatic amines is 1. The third kappa shape index (κ3) is 3.29. The predicted octanol–water partition coefficient (Wildman–Crippen LogP) is 4.25. The number of nitrogens with one attached hydrogen (secondary N) is 1. The molecule has 164 valence electrons. The lowest BCUT2D eigenvalue weighted by Crippen LogP contribution is -2.24. The van der Waals surface area contributed by atoms with E-state index in [1.54, 1.807) is 30.6 Å². The number of pyridine rings is 3. The topological polar surface area (TPSA) is 107 Å². The summed E-state index contributed by atoms with van der Waals surface area (Å²) < 4.78 is 7.14. The summed E-state index contributed by atoms with van der Waals surface area (Å²) >= 11 is 0. The summed E-state index contributed by atoms with van der Waals surface area (Å²) in [6, 6.07) is 19.7. The molecular weight excluding hydrogens is 430 g/mol. The lowest BCUT2D eigenvalue weighted by molar-refractivity contribution is 0.546. The van der Waals surface area contributed by atoms with Crippen molar-refractivity contribution in [2.75, 3.05) is 0 Å². The maximum Gasteiger partial charge on any atom is 0.274 e. The number of fused-ring (bicyclic) bond motifs is 2. The molecule has 0 bridgehead atoms. The summed E-state index contributed by atoms with van der Waals surface area (Å²) in [5, 5.41) is 0.960. The van der Waals surface area contributed by atoms with Crippen LogP contribution in [0.3, 0.4) is 0 Å². The van der Waals surface area contributed by atoms with Crippen LogP contribution in [0.2, 0.25) is 0 Å². The first-order chi connectivity index (χ1) is 16.6. The van der Waals surface area contributed by atoms with E-state index in [-0.39, 0.29) is 11.2 Å². The van der Waals surface area contributed by atoms with Gasteiger partial charge in [0.25, 0.3) is 11.1 Å². The largest absolute Gasteiger partial charge is 0.460 e. The smallest absolute Gasteiger partial charge is 0.274 e. The van der Waals surface area contributed by atoms with E-state index in [1.165, 1.54) is 10.6 Å². The minimum Gasteiger partial charge on any atom is -0.460 e. The van der Waals surface area contributed by atoms with Gasteiger partial charge in [-0.25, -0.2) is 9.97 Å². The van der Waals surface area contributed by atoms with E-state index in [1.807, 2.05) is 49.4 Å². The fourth-order valence-electron chi connectivity index (χ4n) is 3.97. The fraction of sp³-hybridized carbons (Fsp3) is 0.0385. The predicted molar refractivity (Wildman–Crippen MR) is 129 cm³/mol. The Morgan fingerprint density at radius 1 is 0.882 bits per heavy atom. The van der Waals surface area contributed by atoms with E-state index in [0.29, 0.717) is 28.3 Å². The molecule has 6 aromatic rings. The van der Waals surface area contributed by atoms with Gasteiger partial charge < -0.3 is 9.40 Å². The highest BCUT2D eigenvalue weighted by atomic mass is 16.3. The molecule has 0 radical (unpaired) electrons. The Kier molecular flexibility index (Phi) is 4.44. The number of aromatic nitrogens is 5. The van der Waals surface area contributed by atoms with Gasteiger partial charge in [0.1, 0.15) is 28.4 Å². The molecule has 0 unspecified atom stereocenters. The molecule has 0 aliphatic rings. The van der Waals surface area contributed by atoms with E-state index in [9.17, 15) is 9.59 Å². The van der Waals surface area contributed by atoms with Crippen molar-refractivity contribution in [2.45, 2.75) is 6.92 Å². The highest BCUT2D eigenvalue weighted by molar-refractivity contribution is 5.89. The molecule has 1 aromatic carbocycles. The lowest BCUT2D eigenvalue weighted by atomic mass is 10.0. The highest BCUT2D eigenvalue weighted by Crippen LogP contribution is 2.33. The molecule has 5 heterocycles. The van der Waals surface area contributed by atoms with Gasteiger partial charge >= 0.3 is 0 Å². The molecule has 0 saturated heterocycles. The van der Waals surface area contributed by atoms with Gasteiger partial charge in [-0.15, -0.1) is 0 Å². The second-order valence-corrected chi connectivity index (χ2v) is 7.87. The van der Waals surface area contributed by atoms with Crippen LogP contribution in [0.15, 0.2) is 93.1 Å². The normalized spacial score (nSPS) is 11.3. The Hall–Kier alpha value is -4.85. The first-order valence-corrected chi connectivity index (χ1v) is 10.6. The number of H-pyrrole nitrogens is 1. The van der Waals surface area contributed by atoms with Crippen molar-refractivity contribution in [2.24, 2.45) is 0 Å². The van der Waals surface area contributed by atoms with Crippen molar-refractivity contribution in [1.29, 1.82) is 0 Å². The summed E-state index contributed by atoms with van der Waals surface area (Å²) in [4.78, 5) is 41.9. The summed E-state index contributed by atoms with van der Waals surface area (Å²) in [7, 11) is 0. The molecule has 0 aliphatic carbocycles. The van der Waals surface area contributed by atoms with Crippen molar-refractivity contribution in [3.05, 3.63) is 106 Å². The quantitative estimate of drug-likeness (QED) is 0.435. The molecule has 0 spiro atoms. The molecule has 34 heavy (non-hydrogen) atoms. The number of benzene rings is 1. The van der Waals surface area contributed by atoms with Gasteiger partial charge in [0.2, 0.25) is 0 Å². The zero-order chi connectivity index (χ0) is 23.2. The molecule has 0 amide bonds. The van der Waals surface area contributed by atoms with Gasteiger partial charge in [-0.3, -0.25) is 19.1 Å². The molecule has 0 aliphatic heterocycles. The molecule has 0 atom stereocenters. The van der Waals surface area contributed by atoms with Crippen molar-refractivity contribution < 1.29 is 4.42 Å². The van der Waals surface area contributed by atoms with Gasteiger partial charge in [0.15, 0.2) is 11.4 Å². The molecule has 1 N–H and O–H groups in total. The van der Waals surface area contributed by atoms with Crippen molar-refractivity contribution in [3.63, 3.8) is 0 Å². The van der Waals surface area contributed by atoms with Crippen LogP contribution in [0, 0.1) is 6.92 Å². The molecule has 5 aromatic heterocycles. The SMILES string of the molecule is Cc1ccc(-c2nc3[nH]c(=O)c(-n4ccccc4=O)cc3nc2-c2ccc3ncccc3c2)o1. The van der Waals surface area contributed by atoms with E-state index in [0.717, 1.165) is 22.2 Å². The molecule has 0 fully saturated rings. The van der Waals surface area contributed by atoms with Crippen molar-refractivity contribution in [1.82, 2.24) is 24.5 Å². The summed E-state index contributed by atoms with van der Waals surface area (Å²) in [5.74, 6) is 1.27. The monoisotopic (exact) mass is 447 g/mol. The van der Waals surface area contributed by atoms with Gasteiger partial charge in [-0.2, -0.15) is 0 Å². The Balaban J connectivity index is 1.65. The van der Waals surface area contributed by atoms with Crippen LogP contribution < -0.4 is 11.1 Å². The fourth-order valence-corrected chi connectivity index (χ4v) is 3.97. The molecule has 8 nitrogen and oxygen atoms in total. The van der Waals surface area contributed by atoms with E-state index in [2.05, 4.69) is 9.97 Å². The van der Waals surface area contributed by atoms with E-state index < -0.39 is 5.56 Å². The zero-order valence-corrected chi connectivity index (χ0v) is 18.0. The summed E-state index contributed by atoms with van der Waals surface area (Å²) in [5.41, 5.74) is 2.94. The second kappa shape index (κ2) is 7.63. The zero-order valence-electron chi connectivity index (χ0n) is 18.0. The van der Waals surface area contributed by atoms with Crippen LogP contribution in [0.5, 0.6) is 0 Å². The van der Waals surface area contributed by atoms with Crippen LogP contribution in [0.1, 0.15) is 5.76 Å². The lowest BCUT2D eigenvalue weighted by Gasteiger charge is -2.11. The number of nitrogens with zero attached hydrogens (tertiary/aromatic N) is 4. The van der Waals surface area contributed by atoms with Crippen LogP contribution in [-0.2, 0) is 0 Å². The number of hydrogen-bond donors (Lipinski definition) is 1. The standard InChI is InChI=1S/C26H17N5O3/c1-15-7-10-21(34-15)24-23(17-8-9-18-16(13-17)5-4-11-27-18)28-19-14-20(26(33)30-25(19)29-24)31-12-3-2-6-22(31)32/h2-14H,1H3,(H,29,30,33). The van der Waals surface area contributed by atoms with Gasteiger partial charge in [-0.05, 0) is 49.4 Å². The molecule has 6 rings (SSSR count). The van der Waals surface area contributed by atoms with Gasteiger partial charge in [-0.1, -0.05) is 18.2 Å². The second-order valence-electron chi connectivity index (χ2n) is 7.87. The number of furan rings is 1. The first-order valence-electron chi connectivity index (χ1n) is 10.6. The first kappa shape index (κ1) is 19.8. The van der Waals surface area contributed by atoms with Crippen LogP contribution >= 0.6 is 0 Å². The highest BCUT2D eigenvalue weighted by Gasteiger charge is 2.18. The van der Waals surface area contributed by atoms with Crippen molar-refractivity contribution in [3.8, 4) is 28.4 Å². The average molecular weight is 447 g/mol. The van der Waals surface area contributed by atoms with E-state index >= 15 is 0 Å². The maximum absolute atomic E-state index is 12.8. The Morgan fingerprint density at radius 3 is 2.62 bits per heavy atom. The maximum atomic E-state index is 12.8. The Morgan fingerprint density at radius 2 is 1.79 bits per heavy atom. The molecule has 8 heteroatoms. The Bertz CT molecular complexity index is 1830. The summed E-state index contributed by atoms with van der Waals surface area (Å²) in [6.07, 6.45) is 3.29. The van der Waals surface area contributed by atoms with Crippen LogP contribution in [0.25, 0.3) is 50.5 Å². The van der Waals surface area contributed by atoms with Gasteiger partial charge in [0, 0.05) is 29.4 Å². The number of hydrogen-bond acceptors (Lipinski definition) is 6. The third-order valence-corrected chi connectivity index (χ3v) is 5.59. The minimum atomic E-state index is -0.443. The third-order valence-electron chi connectivity index (χ3n) is 5.59. The van der Waals surface area contributed by atoms with Crippen LogP contribution in [-0.4, -0.2) is 24.5 Å². The molecular formula is C26H17N5O3. The Labute approximate surface area is 192 Å². The summed E-state index contributed by atoms with van der Waals surface area (Å²) in [6.45, 7) is 1.85. The van der Waals surface area contributed by atoms with Crippen molar-refractivity contribution >= 4 is 22.1 Å².